The first-order chi connectivity index (χ1) is 10.2. The second-order valence-corrected chi connectivity index (χ2v) is 5.66. The Labute approximate surface area is 129 Å². The van der Waals surface area contributed by atoms with Gasteiger partial charge in [-0.2, -0.15) is 5.10 Å². The average Bonchev–Trinajstić information content (AvgIpc) is 2.65. The second-order valence-electron chi connectivity index (χ2n) is 5.22. The summed E-state index contributed by atoms with van der Waals surface area (Å²) in [6.45, 7) is 2.12. The number of nitrogens with one attached hydrogen (secondary N) is 1. The average molecular weight is 301 g/mol. The molecule has 2 aromatic carbocycles. The van der Waals surface area contributed by atoms with Crippen molar-refractivity contribution < 1.29 is 4.74 Å². The number of methoxy groups -OCH3 is 1. The standard InChI is InChI=1S/C17H17ClN2O/c1-11-9-13-10-15(21-2)7-8-16(13)17(20-19-11)12-3-5-14(18)6-4-12/h3-8,10-11,19H,9H2,1-2H3/t11-/m1/s1. The maximum atomic E-state index is 5.97. The first-order valence-corrected chi connectivity index (χ1v) is 7.31. The van der Waals surface area contributed by atoms with Crippen molar-refractivity contribution in [3.8, 4) is 5.75 Å². The Balaban J connectivity index is 2.11. The van der Waals surface area contributed by atoms with Crippen LogP contribution in [0.5, 0.6) is 5.75 Å². The normalized spacial score (nSPS) is 17.3. The van der Waals surface area contributed by atoms with Gasteiger partial charge in [-0.1, -0.05) is 23.7 Å². The molecule has 108 valence electrons. The van der Waals surface area contributed by atoms with Crippen LogP contribution in [0.3, 0.4) is 0 Å². The molecule has 0 saturated carbocycles. The minimum atomic E-state index is 0.278. The van der Waals surface area contributed by atoms with Gasteiger partial charge >= 0.3 is 0 Å². The molecule has 0 amide bonds. The minimum Gasteiger partial charge on any atom is -0.497 e. The molecule has 0 bridgehead atoms. The molecule has 0 radical (unpaired) electrons. The largest absolute Gasteiger partial charge is 0.497 e. The topological polar surface area (TPSA) is 33.6 Å². The number of benzene rings is 2. The molecule has 2 aromatic rings. The Kier molecular flexibility index (Phi) is 3.84. The van der Waals surface area contributed by atoms with Gasteiger partial charge < -0.3 is 10.2 Å². The number of halogens is 1. The Morgan fingerprint density at radius 2 is 1.95 bits per heavy atom. The molecule has 0 spiro atoms. The highest BCUT2D eigenvalue weighted by atomic mass is 35.5. The number of hydrazone groups is 1. The monoisotopic (exact) mass is 300 g/mol. The second kappa shape index (κ2) is 5.78. The van der Waals surface area contributed by atoms with Crippen molar-refractivity contribution in [3.05, 3.63) is 64.2 Å². The van der Waals surface area contributed by atoms with Crippen molar-refractivity contribution in [1.82, 2.24) is 5.43 Å². The molecule has 1 aliphatic rings. The molecule has 1 aliphatic heterocycles. The highest BCUT2D eigenvalue weighted by molar-refractivity contribution is 6.30. The molecule has 21 heavy (non-hydrogen) atoms. The van der Waals surface area contributed by atoms with Crippen LogP contribution in [0.25, 0.3) is 0 Å². The summed E-state index contributed by atoms with van der Waals surface area (Å²) in [5.41, 5.74) is 7.56. The van der Waals surface area contributed by atoms with Gasteiger partial charge in [0.05, 0.1) is 12.8 Å². The van der Waals surface area contributed by atoms with Crippen LogP contribution in [-0.4, -0.2) is 18.9 Å². The Morgan fingerprint density at radius 1 is 1.19 bits per heavy atom. The van der Waals surface area contributed by atoms with Crippen LogP contribution in [0, 0.1) is 0 Å². The molecule has 4 heteroatoms. The first kappa shape index (κ1) is 14.0. The lowest BCUT2D eigenvalue weighted by Gasteiger charge is -2.11. The van der Waals surface area contributed by atoms with Gasteiger partial charge in [0.15, 0.2) is 0 Å². The lowest BCUT2D eigenvalue weighted by Crippen LogP contribution is -2.21. The molecule has 3 nitrogen and oxygen atoms in total. The zero-order chi connectivity index (χ0) is 14.8. The fourth-order valence-corrected chi connectivity index (χ4v) is 2.66. The Morgan fingerprint density at radius 3 is 2.67 bits per heavy atom. The van der Waals surface area contributed by atoms with Crippen LogP contribution in [0.15, 0.2) is 47.6 Å². The van der Waals surface area contributed by atoms with Crippen molar-refractivity contribution in [2.45, 2.75) is 19.4 Å². The van der Waals surface area contributed by atoms with Crippen molar-refractivity contribution in [2.24, 2.45) is 5.10 Å². The zero-order valence-corrected chi connectivity index (χ0v) is 12.8. The fraction of sp³-hybridized carbons (Fsp3) is 0.235. The minimum absolute atomic E-state index is 0.278. The number of hydrogen-bond acceptors (Lipinski definition) is 3. The molecule has 1 N–H and O–H groups in total. The third-order valence-electron chi connectivity index (χ3n) is 3.61. The highest BCUT2D eigenvalue weighted by Crippen LogP contribution is 2.24. The summed E-state index contributed by atoms with van der Waals surface area (Å²) in [7, 11) is 1.69. The summed E-state index contributed by atoms with van der Waals surface area (Å²) < 4.78 is 5.34. The summed E-state index contributed by atoms with van der Waals surface area (Å²) in [6.07, 6.45) is 0.910. The fourth-order valence-electron chi connectivity index (χ4n) is 2.54. The zero-order valence-electron chi connectivity index (χ0n) is 12.1. The molecular weight excluding hydrogens is 284 g/mol. The van der Waals surface area contributed by atoms with Crippen LogP contribution in [0.2, 0.25) is 5.02 Å². The summed E-state index contributed by atoms with van der Waals surface area (Å²) in [5.74, 6) is 0.873. The van der Waals surface area contributed by atoms with Gasteiger partial charge in [0, 0.05) is 22.2 Å². The Hall–Kier alpha value is -2.00. The third kappa shape index (κ3) is 2.88. The molecule has 1 atom stereocenters. The molecule has 3 rings (SSSR count). The number of nitrogens with zero attached hydrogens (tertiary/aromatic N) is 1. The molecule has 0 unspecified atom stereocenters. The lowest BCUT2D eigenvalue weighted by atomic mass is 9.94. The van der Waals surface area contributed by atoms with E-state index in [2.05, 4.69) is 29.6 Å². The van der Waals surface area contributed by atoms with E-state index in [-0.39, 0.29) is 6.04 Å². The quantitative estimate of drug-likeness (QED) is 0.919. The van der Waals surface area contributed by atoms with E-state index >= 15 is 0 Å². The van der Waals surface area contributed by atoms with Crippen molar-refractivity contribution in [1.29, 1.82) is 0 Å². The number of hydrogen-bond donors (Lipinski definition) is 1. The lowest BCUT2D eigenvalue weighted by molar-refractivity contribution is 0.414. The number of rotatable bonds is 2. The van der Waals surface area contributed by atoms with Crippen molar-refractivity contribution in [3.63, 3.8) is 0 Å². The smallest absolute Gasteiger partial charge is 0.119 e. The van der Waals surface area contributed by atoms with E-state index < -0.39 is 0 Å². The summed E-state index contributed by atoms with van der Waals surface area (Å²) in [5, 5.41) is 5.31. The van der Waals surface area contributed by atoms with Crippen LogP contribution in [0.4, 0.5) is 0 Å². The van der Waals surface area contributed by atoms with E-state index in [4.69, 9.17) is 16.3 Å². The molecule has 0 fully saturated rings. The molecule has 0 saturated heterocycles. The maximum absolute atomic E-state index is 5.97. The predicted octanol–water partition coefficient (Wildman–Crippen LogP) is 3.64. The SMILES string of the molecule is COc1ccc2c(c1)C[C@@H](C)NN=C2c1ccc(Cl)cc1. The van der Waals surface area contributed by atoms with Gasteiger partial charge in [0.1, 0.15) is 5.75 Å². The van der Waals surface area contributed by atoms with Gasteiger partial charge in [-0.3, -0.25) is 0 Å². The summed E-state index contributed by atoms with van der Waals surface area (Å²) >= 11 is 5.97. The van der Waals surface area contributed by atoms with Crippen LogP contribution in [0.1, 0.15) is 23.6 Å². The molecule has 1 heterocycles. The highest BCUT2D eigenvalue weighted by Gasteiger charge is 2.18. The first-order valence-electron chi connectivity index (χ1n) is 6.94. The summed E-state index contributed by atoms with van der Waals surface area (Å²) in [6, 6.07) is 14.2. The molecule has 0 aromatic heterocycles. The van der Waals surface area contributed by atoms with Gasteiger partial charge in [0.25, 0.3) is 0 Å². The van der Waals surface area contributed by atoms with Crippen molar-refractivity contribution in [2.75, 3.05) is 7.11 Å². The van der Waals surface area contributed by atoms with Crippen LogP contribution < -0.4 is 10.2 Å². The van der Waals surface area contributed by atoms with Gasteiger partial charge in [-0.15, -0.1) is 0 Å². The van der Waals surface area contributed by atoms with E-state index in [1.54, 1.807) is 7.11 Å². The molecule has 0 aliphatic carbocycles. The summed E-state index contributed by atoms with van der Waals surface area (Å²) in [4.78, 5) is 0. The van der Waals surface area contributed by atoms with E-state index in [9.17, 15) is 0 Å². The van der Waals surface area contributed by atoms with E-state index in [0.29, 0.717) is 0 Å². The third-order valence-corrected chi connectivity index (χ3v) is 3.86. The van der Waals surface area contributed by atoms with Crippen LogP contribution in [-0.2, 0) is 6.42 Å². The molecular formula is C17H17ClN2O. The number of fused-ring (bicyclic) bond motifs is 1. The Bertz CT molecular complexity index is 680. The predicted molar refractivity (Wildman–Crippen MR) is 86.4 cm³/mol. The van der Waals surface area contributed by atoms with Gasteiger partial charge in [-0.25, -0.2) is 0 Å². The maximum Gasteiger partial charge on any atom is 0.119 e. The van der Waals surface area contributed by atoms with E-state index in [1.807, 2.05) is 30.3 Å². The number of ether oxygens (including phenoxy) is 1. The van der Waals surface area contributed by atoms with Crippen LogP contribution >= 0.6 is 11.6 Å². The van der Waals surface area contributed by atoms with Crippen molar-refractivity contribution >= 4 is 17.3 Å². The van der Waals surface area contributed by atoms with Gasteiger partial charge in [-0.05, 0) is 49.2 Å². The van der Waals surface area contributed by atoms with E-state index in [0.717, 1.165) is 34.0 Å². The van der Waals surface area contributed by atoms with E-state index in [1.165, 1.54) is 5.56 Å². The van der Waals surface area contributed by atoms with Gasteiger partial charge in [0.2, 0.25) is 0 Å².